The van der Waals surface area contributed by atoms with Crippen LogP contribution in [0.25, 0.3) is 0 Å². The van der Waals surface area contributed by atoms with E-state index in [1.165, 1.54) is 19.3 Å². The molecule has 4 aliphatic rings. The molecule has 0 heterocycles. The average molecular weight is 334 g/mol. The van der Waals surface area contributed by atoms with Gasteiger partial charge in [-0.3, -0.25) is 4.79 Å². The van der Waals surface area contributed by atoms with Gasteiger partial charge in [-0.05, 0) is 90.4 Å². The van der Waals surface area contributed by atoms with Crippen LogP contribution in [0.3, 0.4) is 0 Å². The number of hydrogen-bond acceptors (Lipinski definition) is 2. The topological polar surface area (TPSA) is 43.1 Å². The first-order valence-electron chi connectivity index (χ1n) is 7.65. The Hall–Kier alpha value is -0.830. The van der Waals surface area contributed by atoms with Crippen LogP contribution in [0.4, 0.5) is 5.69 Å². The summed E-state index contributed by atoms with van der Waals surface area (Å²) in [6.07, 6.45) is 7.47. The molecule has 1 aromatic carbocycles. The fraction of sp³-hybridized carbons (Fsp3) is 0.588. The smallest absolute Gasteiger partial charge is 0.170 e. The molecule has 4 bridgehead atoms. The summed E-state index contributed by atoms with van der Waals surface area (Å²) in [6, 6.07) is 5.60. The SMILES string of the molecule is Nc1ccc(C(=O)C23CC4CC(CC(C4)C2)C3)c(Br)c1. The van der Waals surface area contributed by atoms with Crippen molar-refractivity contribution < 1.29 is 4.79 Å². The molecule has 0 aromatic heterocycles. The lowest BCUT2D eigenvalue weighted by molar-refractivity contribution is -0.0353. The fourth-order valence-corrected chi connectivity index (χ4v) is 5.97. The van der Waals surface area contributed by atoms with Gasteiger partial charge in [-0.25, -0.2) is 0 Å². The highest BCUT2D eigenvalue weighted by Crippen LogP contribution is 2.61. The van der Waals surface area contributed by atoms with Crippen LogP contribution in [0, 0.1) is 23.2 Å². The van der Waals surface area contributed by atoms with Gasteiger partial charge >= 0.3 is 0 Å². The molecule has 4 aliphatic carbocycles. The monoisotopic (exact) mass is 333 g/mol. The van der Waals surface area contributed by atoms with Crippen molar-refractivity contribution in [1.29, 1.82) is 0 Å². The maximum Gasteiger partial charge on any atom is 0.170 e. The summed E-state index contributed by atoms with van der Waals surface area (Å²) in [5.41, 5.74) is 7.27. The Morgan fingerprint density at radius 3 is 2.15 bits per heavy atom. The highest BCUT2D eigenvalue weighted by Gasteiger charge is 2.54. The molecular formula is C17H20BrNO. The second-order valence-corrected chi connectivity index (χ2v) is 8.12. The minimum Gasteiger partial charge on any atom is -0.399 e. The number of benzene rings is 1. The molecule has 5 rings (SSSR count). The Labute approximate surface area is 128 Å². The molecule has 1 aromatic rings. The van der Waals surface area contributed by atoms with Gasteiger partial charge < -0.3 is 5.73 Å². The number of nitrogen functional groups attached to an aromatic ring is 1. The molecule has 0 saturated heterocycles. The van der Waals surface area contributed by atoms with Crippen molar-refractivity contribution in [2.75, 3.05) is 5.73 Å². The molecule has 3 heteroatoms. The lowest BCUT2D eigenvalue weighted by Gasteiger charge is -2.56. The maximum absolute atomic E-state index is 13.2. The second kappa shape index (κ2) is 4.33. The number of hydrogen-bond donors (Lipinski definition) is 1. The van der Waals surface area contributed by atoms with Gasteiger partial charge in [0.05, 0.1) is 0 Å². The lowest BCUT2D eigenvalue weighted by Crippen LogP contribution is -2.50. The number of carbonyl (C=O) groups is 1. The third-order valence-corrected chi connectivity index (χ3v) is 6.41. The van der Waals surface area contributed by atoms with Crippen molar-refractivity contribution in [1.82, 2.24) is 0 Å². The summed E-state index contributed by atoms with van der Waals surface area (Å²) in [6.45, 7) is 0. The van der Waals surface area contributed by atoms with Crippen LogP contribution in [0.2, 0.25) is 0 Å². The number of ketones is 1. The lowest BCUT2D eigenvalue weighted by atomic mass is 9.48. The van der Waals surface area contributed by atoms with Gasteiger partial charge in [0.25, 0.3) is 0 Å². The number of nitrogens with two attached hydrogens (primary N) is 1. The molecule has 106 valence electrons. The van der Waals surface area contributed by atoms with Gasteiger partial charge in [0, 0.05) is 21.1 Å². The largest absolute Gasteiger partial charge is 0.399 e. The zero-order valence-electron chi connectivity index (χ0n) is 11.6. The summed E-state index contributed by atoms with van der Waals surface area (Å²) < 4.78 is 0.859. The predicted molar refractivity (Wildman–Crippen MR) is 83.5 cm³/mol. The Morgan fingerprint density at radius 2 is 1.65 bits per heavy atom. The van der Waals surface area contributed by atoms with Crippen molar-refractivity contribution in [2.24, 2.45) is 23.2 Å². The highest BCUT2D eigenvalue weighted by atomic mass is 79.9. The molecule has 0 atom stereocenters. The molecule has 20 heavy (non-hydrogen) atoms. The van der Waals surface area contributed by atoms with Crippen molar-refractivity contribution in [3.05, 3.63) is 28.2 Å². The number of halogens is 1. The number of rotatable bonds is 2. The van der Waals surface area contributed by atoms with Crippen molar-refractivity contribution in [2.45, 2.75) is 38.5 Å². The summed E-state index contributed by atoms with van der Waals surface area (Å²) in [5.74, 6) is 2.77. The van der Waals surface area contributed by atoms with Crippen LogP contribution in [-0.4, -0.2) is 5.78 Å². The quantitative estimate of drug-likeness (QED) is 0.642. The van der Waals surface area contributed by atoms with Crippen LogP contribution in [0.5, 0.6) is 0 Å². The first-order chi connectivity index (χ1) is 9.56. The van der Waals surface area contributed by atoms with E-state index < -0.39 is 0 Å². The predicted octanol–water partition coefficient (Wildman–Crippen LogP) is 4.43. The third kappa shape index (κ3) is 1.86. The Balaban J connectivity index is 1.71. The minimum absolute atomic E-state index is 0.0621. The summed E-state index contributed by atoms with van der Waals surface area (Å²) in [4.78, 5) is 13.2. The van der Waals surface area contributed by atoms with E-state index >= 15 is 0 Å². The molecule has 2 N–H and O–H groups in total. The van der Waals surface area contributed by atoms with Crippen molar-refractivity contribution >= 4 is 27.4 Å². The molecule has 0 aliphatic heterocycles. The Kier molecular flexibility index (Phi) is 2.79. The summed E-state index contributed by atoms with van der Waals surface area (Å²) in [5, 5.41) is 0. The fourth-order valence-electron chi connectivity index (χ4n) is 5.39. The molecule has 2 nitrogen and oxygen atoms in total. The van der Waals surface area contributed by atoms with Crippen LogP contribution in [0.15, 0.2) is 22.7 Å². The number of Topliss-reactive ketones (excluding diaryl/α,β-unsaturated/α-hetero) is 1. The van der Waals surface area contributed by atoms with Gasteiger partial charge in [-0.15, -0.1) is 0 Å². The Morgan fingerprint density at radius 1 is 1.10 bits per heavy atom. The van der Waals surface area contributed by atoms with Gasteiger partial charge in [0.2, 0.25) is 0 Å². The zero-order valence-corrected chi connectivity index (χ0v) is 13.2. The van der Waals surface area contributed by atoms with Crippen LogP contribution in [0.1, 0.15) is 48.9 Å². The third-order valence-electron chi connectivity index (χ3n) is 5.76. The van der Waals surface area contributed by atoms with Gasteiger partial charge in [-0.2, -0.15) is 0 Å². The second-order valence-electron chi connectivity index (χ2n) is 7.27. The molecule has 0 amide bonds. The maximum atomic E-state index is 13.2. The first kappa shape index (κ1) is 12.9. The molecule has 0 unspecified atom stereocenters. The van der Waals surface area contributed by atoms with Crippen LogP contribution >= 0.6 is 15.9 Å². The summed E-state index contributed by atoms with van der Waals surface area (Å²) >= 11 is 3.53. The first-order valence-corrected chi connectivity index (χ1v) is 8.45. The van der Waals surface area contributed by atoms with Gasteiger partial charge in [-0.1, -0.05) is 0 Å². The standard InChI is InChI=1S/C17H20BrNO/c18-15-6-13(19)1-2-14(15)16(20)17-7-10-3-11(8-17)5-12(4-10)9-17/h1-2,6,10-12H,3-5,7-9,19H2. The zero-order chi connectivity index (χ0) is 13.9. The summed E-state index contributed by atoms with van der Waals surface area (Å²) in [7, 11) is 0. The van der Waals surface area contributed by atoms with Crippen molar-refractivity contribution in [3.63, 3.8) is 0 Å². The van der Waals surface area contributed by atoms with E-state index in [-0.39, 0.29) is 5.41 Å². The van der Waals surface area contributed by atoms with E-state index in [9.17, 15) is 4.79 Å². The van der Waals surface area contributed by atoms with E-state index in [0.29, 0.717) is 11.5 Å². The van der Waals surface area contributed by atoms with E-state index in [0.717, 1.165) is 47.1 Å². The normalized spacial score (nSPS) is 38.1. The van der Waals surface area contributed by atoms with E-state index in [1.807, 2.05) is 18.2 Å². The van der Waals surface area contributed by atoms with Gasteiger partial charge in [0.1, 0.15) is 0 Å². The van der Waals surface area contributed by atoms with E-state index in [2.05, 4.69) is 15.9 Å². The number of anilines is 1. The highest BCUT2D eigenvalue weighted by molar-refractivity contribution is 9.10. The van der Waals surface area contributed by atoms with E-state index in [4.69, 9.17) is 5.73 Å². The molecule has 0 spiro atoms. The van der Waals surface area contributed by atoms with Crippen LogP contribution < -0.4 is 5.73 Å². The average Bonchev–Trinajstić information content (AvgIpc) is 2.36. The number of carbonyl (C=O) groups excluding carboxylic acids is 1. The minimum atomic E-state index is -0.0621. The molecule has 0 radical (unpaired) electrons. The van der Waals surface area contributed by atoms with Crippen molar-refractivity contribution in [3.8, 4) is 0 Å². The van der Waals surface area contributed by atoms with Gasteiger partial charge in [0.15, 0.2) is 5.78 Å². The molecule has 4 saturated carbocycles. The molecular weight excluding hydrogens is 314 g/mol. The molecule has 4 fully saturated rings. The van der Waals surface area contributed by atoms with Crippen LogP contribution in [-0.2, 0) is 0 Å². The van der Waals surface area contributed by atoms with E-state index in [1.54, 1.807) is 0 Å². The Bertz CT molecular complexity index is 545.